The molecule has 0 atom stereocenters. The van der Waals surface area contributed by atoms with Gasteiger partial charge in [0, 0.05) is 43.8 Å². The number of aromatic nitrogens is 2. The Hall–Kier alpha value is -2.21. The van der Waals surface area contributed by atoms with Crippen molar-refractivity contribution in [3.05, 3.63) is 64.9 Å². The number of halogens is 1. The van der Waals surface area contributed by atoms with Crippen LogP contribution < -0.4 is 0 Å². The van der Waals surface area contributed by atoms with Crippen LogP contribution in [0, 0.1) is 0 Å². The zero-order valence-electron chi connectivity index (χ0n) is 15.4. The molecule has 0 unspecified atom stereocenters. The number of carbonyl (C=O) groups excluding carboxylic acids is 1. The summed E-state index contributed by atoms with van der Waals surface area (Å²) in [5, 5.41) is 0.655. The Morgan fingerprint density at radius 2 is 1.67 bits per heavy atom. The van der Waals surface area contributed by atoms with Crippen molar-refractivity contribution in [2.45, 2.75) is 6.54 Å². The highest BCUT2D eigenvalue weighted by Gasteiger charge is 2.21. The van der Waals surface area contributed by atoms with Crippen molar-refractivity contribution in [2.75, 3.05) is 32.7 Å². The lowest BCUT2D eigenvalue weighted by atomic mass is 10.1. The van der Waals surface area contributed by atoms with E-state index in [-0.39, 0.29) is 5.78 Å². The number of hydrogen-bond donors (Lipinski definition) is 0. The first-order valence-electron chi connectivity index (χ1n) is 9.24. The number of para-hydroxylation sites is 2. The lowest BCUT2D eigenvalue weighted by Crippen LogP contribution is -2.47. The van der Waals surface area contributed by atoms with E-state index in [1.807, 2.05) is 12.1 Å². The summed E-state index contributed by atoms with van der Waals surface area (Å²) in [6, 6.07) is 15.4. The van der Waals surface area contributed by atoms with Crippen LogP contribution in [-0.4, -0.2) is 57.9 Å². The highest BCUT2D eigenvalue weighted by atomic mass is 35.5. The van der Waals surface area contributed by atoms with E-state index < -0.39 is 0 Å². The summed E-state index contributed by atoms with van der Waals surface area (Å²) < 4.78 is 2.17. The van der Waals surface area contributed by atoms with Gasteiger partial charge in [-0.05, 0) is 36.4 Å². The van der Waals surface area contributed by atoms with E-state index in [1.54, 1.807) is 24.3 Å². The van der Waals surface area contributed by atoms with E-state index >= 15 is 0 Å². The molecule has 4 rings (SSSR count). The van der Waals surface area contributed by atoms with Crippen LogP contribution in [0.1, 0.15) is 16.2 Å². The first-order valence-corrected chi connectivity index (χ1v) is 9.62. The molecular weight excluding hydrogens is 360 g/mol. The van der Waals surface area contributed by atoms with Crippen molar-refractivity contribution in [3.63, 3.8) is 0 Å². The molecule has 6 heteroatoms. The number of fused-ring (bicyclic) bond motifs is 1. The Balaban J connectivity index is 1.32. The molecule has 0 aliphatic carbocycles. The second kappa shape index (κ2) is 7.80. The molecule has 1 aliphatic heterocycles. The van der Waals surface area contributed by atoms with E-state index in [1.165, 1.54) is 5.52 Å². The predicted octanol–water partition coefficient (Wildman–Crippen LogP) is 3.23. The van der Waals surface area contributed by atoms with Gasteiger partial charge in [0.05, 0.1) is 24.1 Å². The van der Waals surface area contributed by atoms with E-state index in [4.69, 9.17) is 16.6 Å². The number of hydrogen-bond acceptors (Lipinski definition) is 4. The van der Waals surface area contributed by atoms with Gasteiger partial charge in [-0.1, -0.05) is 23.7 Å². The van der Waals surface area contributed by atoms with Gasteiger partial charge >= 0.3 is 0 Å². The summed E-state index contributed by atoms with van der Waals surface area (Å²) in [6.07, 6.45) is 0. The van der Waals surface area contributed by atoms with Crippen LogP contribution in [0.15, 0.2) is 48.5 Å². The lowest BCUT2D eigenvalue weighted by Gasteiger charge is -2.34. The Bertz CT molecular complexity index is 942. The van der Waals surface area contributed by atoms with E-state index in [9.17, 15) is 4.79 Å². The molecule has 1 aliphatic rings. The summed E-state index contributed by atoms with van der Waals surface area (Å²) in [4.78, 5) is 21.8. The minimum atomic E-state index is 0.149. The number of ketones is 1. The number of Topliss-reactive ketones (excluding diaryl/α,β-unsaturated/α-hetero) is 1. The number of nitrogens with zero attached hydrogens (tertiary/aromatic N) is 4. The van der Waals surface area contributed by atoms with Gasteiger partial charge in [0.25, 0.3) is 0 Å². The lowest BCUT2D eigenvalue weighted by molar-refractivity contribution is 0.0839. The van der Waals surface area contributed by atoms with Crippen LogP contribution in [0.25, 0.3) is 11.0 Å². The quantitative estimate of drug-likeness (QED) is 0.635. The van der Waals surface area contributed by atoms with Gasteiger partial charge in [-0.25, -0.2) is 4.98 Å². The van der Waals surface area contributed by atoms with E-state index in [2.05, 4.69) is 33.5 Å². The zero-order valence-corrected chi connectivity index (χ0v) is 16.2. The molecule has 1 fully saturated rings. The number of rotatable bonds is 5. The third-order valence-electron chi connectivity index (χ3n) is 5.24. The molecule has 2 aromatic carbocycles. The van der Waals surface area contributed by atoms with Crippen LogP contribution in [0.5, 0.6) is 0 Å². The van der Waals surface area contributed by atoms with E-state index in [0.717, 1.165) is 49.6 Å². The first-order chi connectivity index (χ1) is 13.1. The smallest absolute Gasteiger partial charge is 0.176 e. The van der Waals surface area contributed by atoms with Crippen LogP contribution >= 0.6 is 11.6 Å². The minimum Gasteiger partial charge on any atom is -0.330 e. The highest BCUT2D eigenvalue weighted by Crippen LogP contribution is 2.16. The van der Waals surface area contributed by atoms with E-state index in [0.29, 0.717) is 11.6 Å². The molecule has 0 spiro atoms. The summed E-state index contributed by atoms with van der Waals surface area (Å²) in [5.41, 5.74) is 2.93. The number of piperazine rings is 1. The van der Waals surface area contributed by atoms with Gasteiger partial charge < -0.3 is 4.57 Å². The molecule has 0 bridgehead atoms. The largest absolute Gasteiger partial charge is 0.330 e. The maximum atomic E-state index is 12.4. The maximum absolute atomic E-state index is 12.4. The standard InChI is InChI=1S/C21H23ClN4O/c1-24-19-5-3-2-4-18(19)23-21(24)15-26-12-10-25(11-13-26)14-20(27)16-6-8-17(22)9-7-16/h2-9H,10-15H2,1H3. The Kier molecular flexibility index (Phi) is 5.25. The fourth-order valence-electron chi connectivity index (χ4n) is 3.57. The second-order valence-electron chi connectivity index (χ2n) is 7.06. The molecule has 2 heterocycles. The summed E-state index contributed by atoms with van der Waals surface area (Å²) >= 11 is 5.89. The number of imidazole rings is 1. The fraction of sp³-hybridized carbons (Fsp3) is 0.333. The molecule has 1 aromatic heterocycles. The molecule has 27 heavy (non-hydrogen) atoms. The third kappa shape index (κ3) is 4.05. The second-order valence-corrected chi connectivity index (χ2v) is 7.49. The van der Waals surface area contributed by atoms with Gasteiger partial charge in [-0.3, -0.25) is 14.6 Å². The molecule has 0 radical (unpaired) electrons. The topological polar surface area (TPSA) is 41.4 Å². The van der Waals surface area contributed by atoms with Gasteiger partial charge in [0.2, 0.25) is 0 Å². The normalized spacial score (nSPS) is 16.1. The molecule has 0 saturated carbocycles. The first kappa shape index (κ1) is 18.2. The van der Waals surface area contributed by atoms with Crippen molar-refractivity contribution in [2.24, 2.45) is 7.05 Å². The molecular formula is C21H23ClN4O. The molecule has 1 saturated heterocycles. The molecule has 0 N–H and O–H groups in total. The van der Waals surface area contributed by atoms with Crippen LogP contribution in [0.3, 0.4) is 0 Å². The van der Waals surface area contributed by atoms with Gasteiger partial charge in [0.1, 0.15) is 5.82 Å². The number of aryl methyl sites for hydroxylation is 1. The van der Waals surface area contributed by atoms with Crippen molar-refractivity contribution in [1.82, 2.24) is 19.4 Å². The summed E-state index contributed by atoms with van der Waals surface area (Å²) in [7, 11) is 2.08. The fourth-order valence-corrected chi connectivity index (χ4v) is 3.70. The van der Waals surface area contributed by atoms with Crippen molar-refractivity contribution >= 4 is 28.4 Å². The summed E-state index contributed by atoms with van der Waals surface area (Å²) in [6.45, 7) is 4.96. The number of benzene rings is 2. The van der Waals surface area contributed by atoms with Crippen molar-refractivity contribution in [1.29, 1.82) is 0 Å². The number of carbonyl (C=O) groups is 1. The van der Waals surface area contributed by atoms with Gasteiger partial charge in [0.15, 0.2) is 5.78 Å². The zero-order chi connectivity index (χ0) is 18.8. The van der Waals surface area contributed by atoms with Crippen LogP contribution in [0.4, 0.5) is 0 Å². The Morgan fingerprint density at radius 1 is 1.00 bits per heavy atom. The van der Waals surface area contributed by atoms with Gasteiger partial charge in [-0.15, -0.1) is 0 Å². The molecule has 5 nitrogen and oxygen atoms in total. The van der Waals surface area contributed by atoms with Crippen LogP contribution in [-0.2, 0) is 13.6 Å². The molecule has 140 valence electrons. The summed E-state index contributed by atoms with van der Waals surface area (Å²) in [5.74, 6) is 1.23. The molecule has 3 aromatic rings. The average Bonchev–Trinajstić information content (AvgIpc) is 3.00. The minimum absolute atomic E-state index is 0.149. The Labute approximate surface area is 164 Å². The van der Waals surface area contributed by atoms with Crippen molar-refractivity contribution in [3.8, 4) is 0 Å². The Morgan fingerprint density at radius 3 is 2.37 bits per heavy atom. The van der Waals surface area contributed by atoms with Crippen molar-refractivity contribution < 1.29 is 4.79 Å². The average molecular weight is 383 g/mol. The van der Waals surface area contributed by atoms with Gasteiger partial charge in [-0.2, -0.15) is 0 Å². The SMILES string of the molecule is Cn1c(CN2CCN(CC(=O)c3ccc(Cl)cc3)CC2)nc2ccccc21. The monoisotopic (exact) mass is 382 g/mol. The molecule has 0 amide bonds. The highest BCUT2D eigenvalue weighted by molar-refractivity contribution is 6.30. The third-order valence-corrected chi connectivity index (χ3v) is 5.50. The predicted molar refractivity (Wildman–Crippen MR) is 108 cm³/mol. The maximum Gasteiger partial charge on any atom is 0.176 e. The van der Waals surface area contributed by atoms with Crippen LogP contribution in [0.2, 0.25) is 5.02 Å².